The zero-order valence-corrected chi connectivity index (χ0v) is 19.0. The highest BCUT2D eigenvalue weighted by molar-refractivity contribution is 6.35. The highest BCUT2D eigenvalue weighted by Gasteiger charge is 2.21. The Morgan fingerprint density at radius 3 is 2.56 bits per heavy atom. The van der Waals surface area contributed by atoms with E-state index in [1.165, 1.54) is 0 Å². The number of aromatic nitrogens is 2. The van der Waals surface area contributed by atoms with Gasteiger partial charge in [0.05, 0.1) is 13.7 Å². The summed E-state index contributed by atoms with van der Waals surface area (Å²) in [6.45, 7) is 3.23. The van der Waals surface area contributed by atoms with Crippen molar-refractivity contribution in [2.45, 2.75) is 6.54 Å². The lowest BCUT2D eigenvalue weighted by atomic mass is 10.2. The van der Waals surface area contributed by atoms with E-state index in [0.29, 0.717) is 41.4 Å². The molecule has 1 aliphatic heterocycles. The molecule has 0 saturated carbocycles. The molecule has 0 spiro atoms. The molecule has 3 aromatic rings. The van der Waals surface area contributed by atoms with Crippen molar-refractivity contribution in [1.82, 2.24) is 19.9 Å². The van der Waals surface area contributed by atoms with Crippen LogP contribution >= 0.6 is 23.2 Å². The summed E-state index contributed by atoms with van der Waals surface area (Å²) in [5.41, 5.74) is 1.62. The van der Waals surface area contributed by atoms with Gasteiger partial charge in [-0.05, 0) is 48.0 Å². The molecule has 4 rings (SSSR count). The standard InChI is InChI=1S/C23H22Cl2N4O3/c1-31-19-7-3-17(4-8-19)23-26-21(32-27-23)15-28-10-12-29(13-11-28)22(30)9-5-16-2-6-18(24)14-20(16)25/h2-9,14H,10-13,15H2,1H3/b9-5+. The Morgan fingerprint density at radius 2 is 1.88 bits per heavy atom. The lowest BCUT2D eigenvalue weighted by Crippen LogP contribution is -2.47. The molecule has 9 heteroatoms. The summed E-state index contributed by atoms with van der Waals surface area (Å²) in [7, 11) is 1.63. The van der Waals surface area contributed by atoms with E-state index in [4.69, 9.17) is 32.5 Å². The Labute approximate surface area is 196 Å². The van der Waals surface area contributed by atoms with Crippen molar-refractivity contribution in [1.29, 1.82) is 0 Å². The molecule has 32 heavy (non-hydrogen) atoms. The maximum absolute atomic E-state index is 12.5. The third-order valence-corrected chi connectivity index (χ3v) is 5.79. The van der Waals surface area contributed by atoms with Gasteiger partial charge in [0, 0.05) is 47.9 Å². The number of amides is 1. The molecule has 0 radical (unpaired) electrons. The lowest BCUT2D eigenvalue weighted by molar-refractivity contribution is -0.127. The second-order valence-electron chi connectivity index (χ2n) is 7.34. The second kappa shape index (κ2) is 10.2. The minimum absolute atomic E-state index is 0.0461. The van der Waals surface area contributed by atoms with Crippen LogP contribution in [0.1, 0.15) is 11.5 Å². The highest BCUT2D eigenvalue weighted by Crippen LogP contribution is 2.22. The predicted octanol–water partition coefficient (Wildman–Crippen LogP) is 4.41. The van der Waals surface area contributed by atoms with Gasteiger partial charge in [0.1, 0.15) is 5.75 Å². The second-order valence-corrected chi connectivity index (χ2v) is 8.18. The fourth-order valence-corrected chi connectivity index (χ4v) is 3.87. The Kier molecular flexibility index (Phi) is 7.09. The summed E-state index contributed by atoms with van der Waals surface area (Å²) in [6, 6.07) is 12.7. The molecule has 0 unspecified atom stereocenters. The smallest absolute Gasteiger partial charge is 0.246 e. The SMILES string of the molecule is COc1ccc(-c2noc(CN3CCN(C(=O)/C=C/c4ccc(Cl)cc4Cl)CC3)n2)cc1. The molecule has 2 heterocycles. The molecule has 1 amide bonds. The van der Waals surface area contributed by atoms with Crippen molar-refractivity contribution < 1.29 is 14.1 Å². The predicted molar refractivity (Wildman–Crippen MR) is 124 cm³/mol. The number of halogens is 2. The van der Waals surface area contributed by atoms with E-state index in [-0.39, 0.29) is 5.91 Å². The van der Waals surface area contributed by atoms with Crippen molar-refractivity contribution >= 4 is 35.2 Å². The largest absolute Gasteiger partial charge is 0.497 e. The summed E-state index contributed by atoms with van der Waals surface area (Å²) >= 11 is 12.1. The van der Waals surface area contributed by atoms with E-state index < -0.39 is 0 Å². The van der Waals surface area contributed by atoms with Crippen molar-refractivity contribution in [3.63, 3.8) is 0 Å². The molecule has 2 aromatic carbocycles. The fourth-order valence-electron chi connectivity index (χ4n) is 3.40. The van der Waals surface area contributed by atoms with Gasteiger partial charge in [0.2, 0.25) is 17.6 Å². The van der Waals surface area contributed by atoms with Crippen LogP contribution in [0.2, 0.25) is 10.0 Å². The van der Waals surface area contributed by atoms with Gasteiger partial charge in [-0.2, -0.15) is 4.98 Å². The number of nitrogens with zero attached hydrogens (tertiary/aromatic N) is 4. The number of carbonyl (C=O) groups is 1. The maximum atomic E-state index is 12.5. The van der Waals surface area contributed by atoms with Gasteiger partial charge in [-0.25, -0.2) is 0 Å². The Hall–Kier alpha value is -2.87. The van der Waals surface area contributed by atoms with Crippen LogP contribution in [0.4, 0.5) is 0 Å². The van der Waals surface area contributed by atoms with Crippen LogP contribution in [0.3, 0.4) is 0 Å². The van der Waals surface area contributed by atoms with Crippen LogP contribution in [0, 0.1) is 0 Å². The molecular weight excluding hydrogens is 451 g/mol. The lowest BCUT2D eigenvalue weighted by Gasteiger charge is -2.33. The zero-order chi connectivity index (χ0) is 22.5. The van der Waals surface area contributed by atoms with E-state index in [9.17, 15) is 4.79 Å². The van der Waals surface area contributed by atoms with Crippen molar-refractivity contribution in [2.24, 2.45) is 0 Å². The summed E-state index contributed by atoms with van der Waals surface area (Å²) in [4.78, 5) is 21.0. The first-order valence-electron chi connectivity index (χ1n) is 10.1. The van der Waals surface area contributed by atoms with Gasteiger partial charge in [-0.15, -0.1) is 0 Å². The van der Waals surface area contributed by atoms with E-state index in [0.717, 1.165) is 30.0 Å². The quantitative estimate of drug-likeness (QED) is 0.494. The average molecular weight is 473 g/mol. The van der Waals surface area contributed by atoms with E-state index >= 15 is 0 Å². The number of carbonyl (C=O) groups excluding carboxylic acids is 1. The number of piperazine rings is 1. The summed E-state index contributed by atoms with van der Waals surface area (Å²) in [5.74, 6) is 1.82. The fraction of sp³-hybridized carbons (Fsp3) is 0.261. The molecule has 166 valence electrons. The normalized spacial score (nSPS) is 14.8. The van der Waals surface area contributed by atoms with E-state index in [2.05, 4.69) is 15.0 Å². The maximum Gasteiger partial charge on any atom is 0.246 e. The minimum atomic E-state index is -0.0461. The van der Waals surface area contributed by atoms with Crippen molar-refractivity contribution in [3.8, 4) is 17.1 Å². The number of ether oxygens (including phenoxy) is 1. The van der Waals surface area contributed by atoms with Crippen LogP contribution in [0.25, 0.3) is 17.5 Å². The van der Waals surface area contributed by atoms with Crippen LogP contribution in [0.15, 0.2) is 53.1 Å². The van der Waals surface area contributed by atoms with Gasteiger partial charge in [0.15, 0.2) is 0 Å². The molecule has 0 atom stereocenters. The first kappa shape index (κ1) is 22.3. The van der Waals surface area contributed by atoms with Crippen LogP contribution in [-0.2, 0) is 11.3 Å². The first-order chi connectivity index (χ1) is 15.5. The minimum Gasteiger partial charge on any atom is -0.497 e. The molecule has 1 fully saturated rings. The van der Waals surface area contributed by atoms with Crippen molar-refractivity contribution in [2.75, 3.05) is 33.3 Å². The Bertz CT molecular complexity index is 1110. The van der Waals surface area contributed by atoms with Gasteiger partial charge < -0.3 is 14.2 Å². The first-order valence-corrected chi connectivity index (χ1v) is 10.9. The molecule has 0 N–H and O–H groups in total. The molecule has 1 aromatic heterocycles. The topological polar surface area (TPSA) is 71.7 Å². The number of hydrogen-bond donors (Lipinski definition) is 0. The number of hydrogen-bond acceptors (Lipinski definition) is 6. The van der Waals surface area contributed by atoms with E-state index in [1.54, 1.807) is 37.5 Å². The number of methoxy groups -OCH3 is 1. The summed E-state index contributed by atoms with van der Waals surface area (Å²) in [5, 5.41) is 5.15. The number of rotatable bonds is 6. The zero-order valence-electron chi connectivity index (χ0n) is 17.5. The van der Waals surface area contributed by atoms with Gasteiger partial charge in [0.25, 0.3) is 0 Å². The molecule has 1 saturated heterocycles. The van der Waals surface area contributed by atoms with Gasteiger partial charge in [-0.1, -0.05) is 34.4 Å². The number of benzene rings is 2. The Balaban J connectivity index is 1.29. The van der Waals surface area contributed by atoms with Crippen molar-refractivity contribution in [3.05, 3.63) is 70.0 Å². The molecular formula is C23H22Cl2N4O3. The third kappa shape index (κ3) is 5.48. The van der Waals surface area contributed by atoms with Gasteiger partial charge >= 0.3 is 0 Å². The Morgan fingerprint density at radius 1 is 1.12 bits per heavy atom. The third-order valence-electron chi connectivity index (χ3n) is 5.23. The van der Waals surface area contributed by atoms with E-state index in [1.807, 2.05) is 29.2 Å². The van der Waals surface area contributed by atoms with Gasteiger partial charge in [-0.3, -0.25) is 9.69 Å². The van der Waals surface area contributed by atoms with Crippen LogP contribution in [0.5, 0.6) is 5.75 Å². The highest BCUT2D eigenvalue weighted by atomic mass is 35.5. The molecule has 1 aliphatic rings. The molecule has 0 aliphatic carbocycles. The van der Waals surface area contributed by atoms with Crippen LogP contribution < -0.4 is 4.74 Å². The van der Waals surface area contributed by atoms with Crippen LogP contribution in [-0.4, -0.2) is 59.1 Å². The summed E-state index contributed by atoms with van der Waals surface area (Å²) in [6.07, 6.45) is 3.26. The monoisotopic (exact) mass is 472 g/mol. The summed E-state index contributed by atoms with van der Waals surface area (Å²) < 4.78 is 10.6. The molecule has 0 bridgehead atoms. The molecule has 7 nitrogen and oxygen atoms in total. The average Bonchev–Trinajstić information content (AvgIpc) is 3.27.